The SMILES string of the molecule is CC(C)CC/C(=C\P(c1ccccc1)c1ccccc1)[Se]c1ccccc1. The Labute approximate surface area is 171 Å². The van der Waals surface area contributed by atoms with E-state index < -0.39 is 7.92 Å². The molecule has 0 aromatic heterocycles. The van der Waals surface area contributed by atoms with Crippen LogP contribution in [-0.4, -0.2) is 15.0 Å². The molecule has 3 aromatic rings. The second kappa shape index (κ2) is 10.6. The van der Waals surface area contributed by atoms with Crippen molar-refractivity contribution in [2.45, 2.75) is 26.7 Å². The summed E-state index contributed by atoms with van der Waals surface area (Å²) in [5, 5.41) is 2.87. The third kappa shape index (κ3) is 6.47. The molecule has 0 aliphatic heterocycles. The van der Waals surface area contributed by atoms with Gasteiger partial charge in [-0.3, -0.25) is 0 Å². The van der Waals surface area contributed by atoms with Gasteiger partial charge < -0.3 is 0 Å². The molecule has 0 fully saturated rings. The van der Waals surface area contributed by atoms with Crippen LogP contribution in [0.2, 0.25) is 0 Å². The fourth-order valence-corrected chi connectivity index (χ4v) is 7.59. The van der Waals surface area contributed by atoms with Gasteiger partial charge in [0.25, 0.3) is 0 Å². The maximum absolute atomic E-state index is 2.61. The van der Waals surface area contributed by atoms with Gasteiger partial charge in [0, 0.05) is 0 Å². The van der Waals surface area contributed by atoms with Gasteiger partial charge in [0.15, 0.2) is 0 Å². The van der Waals surface area contributed by atoms with E-state index in [2.05, 4.69) is 111 Å². The molecule has 0 atom stereocenters. The summed E-state index contributed by atoms with van der Waals surface area (Å²) >= 11 is 0.389. The molecule has 0 heterocycles. The Hall–Kier alpha value is -1.65. The first kappa shape index (κ1) is 20.1. The minimum absolute atomic E-state index is 0.389. The molecule has 3 aromatic carbocycles. The van der Waals surface area contributed by atoms with Gasteiger partial charge in [-0.05, 0) is 0 Å². The van der Waals surface area contributed by atoms with Crippen molar-refractivity contribution in [2.24, 2.45) is 5.92 Å². The van der Waals surface area contributed by atoms with Crippen molar-refractivity contribution in [3.8, 4) is 0 Å². The second-order valence-electron chi connectivity index (χ2n) is 6.98. The zero-order valence-corrected chi connectivity index (χ0v) is 18.7. The van der Waals surface area contributed by atoms with E-state index in [1.165, 1.54) is 27.9 Å². The van der Waals surface area contributed by atoms with Crippen molar-refractivity contribution in [1.82, 2.24) is 0 Å². The molecule has 2 heteroatoms. The van der Waals surface area contributed by atoms with Gasteiger partial charge in [-0.25, -0.2) is 0 Å². The molecular weight excluding hydrogens is 410 g/mol. The van der Waals surface area contributed by atoms with Crippen molar-refractivity contribution in [1.29, 1.82) is 0 Å². The fraction of sp³-hybridized carbons (Fsp3) is 0.200. The van der Waals surface area contributed by atoms with Gasteiger partial charge >= 0.3 is 172 Å². The predicted molar refractivity (Wildman–Crippen MR) is 123 cm³/mol. The summed E-state index contributed by atoms with van der Waals surface area (Å²) in [6.45, 7) is 4.65. The molecule has 0 radical (unpaired) electrons. The van der Waals surface area contributed by atoms with Gasteiger partial charge in [0.1, 0.15) is 0 Å². The van der Waals surface area contributed by atoms with Crippen LogP contribution >= 0.6 is 7.92 Å². The minimum atomic E-state index is -0.464. The number of hydrogen-bond acceptors (Lipinski definition) is 0. The Bertz CT molecular complexity index is 786. The Balaban J connectivity index is 1.96. The van der Waals surface area contributed by atoms with Gasteiger partial charge in [0.2, 0.25) is 0 Å². The summed E-state index contributed by atoms with van der Waals surface area (Å²) in [4.78, 5) is 0. The number of rotatable bonds is 8. The van der Waals surface area contributed by atoms with Crippen LogP contribution in [0.25, 0.3) is 0 Å². The predicted octanol–water partition coefficient (Wildman–Crippen LogP) is 5.43. The van der Waals surface area contributed by atoms with Gasteiger partial charge in [-0.15, -0.1) is 0 Å². The van der Waals surface area contributed by atoms with Crippen LogP contribution in [0, 0.1) is 5.92 Å². The first-order chi connectivity index (χ1) is 13.2. The normalized spacial score (nSPS) is 11.9. The van der Waals surface area contributed by atoms with Crippen LogP contribution < -0.4 is 15.1 Å². The summed E-state index contributed by atoms with van der Waals surface area (Å²) in [7, 11) is -0.464. The van der Waals surface area contributed by atoms with Crippen molar-refractivity contribution >= 4 is 37.9 Å². The zero-order chi connectivity index (χ0) is 18.9. The molecule has 0 amide bonds. The van der Waals surface area contributed by atoms with Crippen LogP contribution in [0.1, 0.15) is 26.7 Å². The summed E-state index contributed by atoms with van der Waals surface area (Å²) in [6.07, 6.45) is 2.46. The summed E-state index contributed by atoms with van der Waals surface area (Å²) in [6, 6.07) is 33.0. The van der Waals surface area contributed by atoms with E-state index in [-0.39, 0.29) is 0 Å². The van der Waals surface area contributed by atoms with Crippen molar-refractivity contribution < 1.29 is 0 Å². The second-order valence-corrected chi connectivity index (χ2v) is 11.5. The summed E-state index contributed by atoms with van der Waals surface area (Å²) in [5.41, 5.74) is 0. The monoisotopic (exact) mass is 438 g/mol. The molecule has 0 N–H and O–H groups in total. The fourth-order valence-electron chi connectivity index (χ4n) is 2.83. The van der Waals surface area contributed by atoms with Crippen molar-refractivity contribution in [3.63, 3.8) is 0 Å². The molecule has 0 saturated carbocycles. The molecule has 27 heavy (non-hydrogen) atoms. The van der Waals surface area contributed by atoms with E-state index >= 15 is 0 Å². The first-order valence-electron chi connectivity index (χ1n) is 9.55. The zero-order valence-electron chi connectivity index (χ0n) is 16.1. The molecule has 0 aliphatic rings. The van der Waals surface area contributed by atoms with Crippen LogP contribution in [0.15, 0.2) is 101 Å². The molecule has 138 valence electrons. The molecule has 0 nitrogen and oxygen atoms in total. The van der Waals surface area contributed by atoms with Crippen LogP contribution in [0.5, 0.6) is 0 Å². The van der Waals surface area contributed by atoms with Crippen LogP contribution in [0.4, 0.5) is 0 Å². The average Bonchev–Trinajstić information content (AvgIpc) is 2.72. The quantitative estimate of drug-likeness (QED) is 0.326. The third-order valence-electron chi connectivity index (χ3n) is 4.30. The summed E-state index contributed by atoms with van der Waals surface area (Å²) < 4.78 is 3.09. The van der Waals surface area contributed by atoms with Gasteiger partial charge in [0.05, 0.1) is 0 Å². The Morgan fingerprint density at radius 3 is 1.74 bits per heavy atom. The van der Waals surface area contributed by atoms with Gasteiger partial charge in [-0.1, -0.05) is 0 Å². The standard InChI is InChI=1S/C25H27PSe/c1-21(2)18-19-25(27-24-16-10-5-11-17-24)20-26(22-12-6-3-7-13-22)23-14-8-4-9-15-23/h3-17,20-21H,18-19H2,1-2H3/b25-20+. The summed E-state index contributed by atoms with van der Waals surface area (Å²) in [5.74, 6) is 3.34. The van der Waals surface area contributed by atoms with Crippen LogP contribution in [-0.2, 0) is 0 Å². The Kier molecular flexibility index (Phi) is 7.91. The molecule has 0 spiro atoms. The van der Waals surface area contributed by atoms with E-state index in [9.17, 15) is 0 Å². The molecule has 0 unspecified atom stereocenters. The molecule has 0 aliphatic carbocycles. The van der Waals surface area contributed by atoms with E-state index in [1.54, 1.807) is 4.47 Å². The van der Waals surface area contributed by atoms with E-state index in [1.807, 2.05) is 0 Å². The number of benzene rings is 3. The topological polar surface area (TPSA) is 0 Å². The van der Waals surface area contributed by atoms with E-state index in [4.69, 9.17) is 0 Å². The van der Waals surface area contributed by atoms with E-state index in [0.717, 1.165) is 5.92 Å². The Morgan fingerprint density at radius 1 is 0.778 bits per heavy atom. The molecule has 0 bridgehead atoms. The number of allylic oxidation sites excluding steroid dienone is 1. The number of hydrogen-bond donors (Lipinski definition) is 0. The Morgan fingerprint density at radius 2 is 1.26 bits per heavy atom. The first-order valence-corrected chi connectivity index (χ1v) is 12.7. The molecule has 0 saturated heterocycles. The molecule has 3 rings (SSSR count). The van der Waals surface area contributed by atoms with Crippen LogP contribution in [0.3, 0.4) is 0 Å². The third-order valence-corrected chi connectivity index (χ3v) is 9.26. The van der Waals surface area contributed by atoms with Crippen molar-refractivity contribution in [3.05, 3.63) is 101 Å². The van der Waals surface area contributed by atoms with Gasteiger partial charge in [-0.2, -0.15) is 0 Å². The van der Waals surface area contributed by atoms with E-state index in [0.29, 0.717) is 15.0 Å². The average molecular weight is 437 g/mol. The molecular formula is C25H27PSe. The van der Waals surface area contributed by atoms with Crippen molar-refractivity contribution in [2.75, 3.05) is 0 Å². The maximum atomic E-state index is 2.61.